The average Bonchev–Trinajstić information content (AvgIpc) is 3.13. The van der Waals surface area contributed by atoms with Crippen LogP contribution in [0.2, 0.25) is 0 Å². The molecule has 24 heavy (non-hydrogen) atoms. The van der Waals surface area contributed by atoms with E-state index in [-0.39, 0.29) is 10.6 Å². The maximum Gasteiger partial charge on any atom is 0.312 e. The summed E-state index contributed by atoms with van der Waals surface area (Å²) in [5, 5.41) is 18.3. The van der Waals surface area contributed by atoms with E-state index >= 15 is 0 Å². The van der Waals surface area contributed by atoms with Crippen LogP contribution in [0, 0.1) is 24.0 Å². The number of benzene rings is 1. The zero-order valence-electron chi connectivity index (χ0n) is 13.8. The first-order valence-corrected chi connectivity index (χ1v) is 8.59. The van der Waals surface area contributed by atoms with Crippen molar-refractivity contribution in [3.05, 3.63) is 62.4 Å². The van der Waals surface area contributed by atoms with E-state index in [2.05, 4.69) is 41.3 Å². The number of rotatable bonds is 5. The molecule has 3 rings (SSSR count). The Morgan fingerprint density at radius 2 is 1.96 bits per heavy atom. The highest BCUT2D eigenvalue weighted by atomic mass is 32.1. The summed E-state index contributed by atoms with van der Waals surface area (Å²) < 4.78 is 1.65. The third-order valence-electron chi connectivity index (χ3n) is 4.00. The Balaban J connectivity index is 1.84. The fraction of sp³-hybridized carbons (Fsp3) is 0.294. The fourth-order valence-corrected chi connectivity index (χ4v) is 3.47. The van der Waals surface area contributed by atoms with Crippen LogP contribution >= 0.6 is 11.3 Å². The summed E-state index contributed by atoms with van der Waals surface area (Å²) in [5.41, 5.74) is 4.31. The van der Waals surface area contributed by atoms with E-state index in [1.807, 2.05) is 5.38 Å². The molecule has 2 aromatic heterocycles. The van der Waals surface area contributed by atoms with E-state index in [9.17, 15) is 10.1 Å². The van der Waals surface area contributed by atoms with Crippen molar-refractivity contribution in [1.82, 2.24) is 14.8 Å². The van der Waals surface area contributed by atoms with Crippen molar-refractivity contribution < 1.29 is 4.92 Å². The molecule has 0 saturated carbocycles. The molecule has 0 atom stereocenters. The fourth-order valence-electron chi connectivity index (χ4n) is 2.65. The lowest BCUT2D eigenvalue weighted by Crippen LogP contribution is -2.04. The number of aromatic nitrogens is 3. The number of nitro groups is 1. The topological polar surface area (TPSA) is 73.8 Å². The molecular formula is C17H18N4O2S. The van der Waals surface area contributed by atoms with Gasteiger partial charge in [0.05, 0.1) is 17.2 Å². The molecule has 6 nitrogen and oxygen atoms in total. The number of hydrogen-bond acceptors (Lipinski definition) is 5. The standard InChI is InChI=1S/C17H18N4O2S/c1-4-13-5-7-14(8-6-13)17-18-15(10-24-17)9-20-12(3)16(21(22)23)11(2)19-20/h5-8,10H,4,9H2,1-3H3. The van der Waals surface area contributed by atoms with Crippen LogP contribution in [0.4, 0.5) is 5.69 Å². The highest BCUT2D eigenvalue weighted by molar-refractivity contribution is 7.13. The van der Waals surface area contributed by atoms with Crippen molar-refractivity contribution in [2.24, 2.45) is 0 Å². The molecule has 0 aliphatic heterocycles. The molecule has 1 aromatic carbocycles. The van der Waals surface area contributed by atoms with Crippen LogP contribution in [0.3, 0.4) is 0 Å². The Morgan fingerprint density at radius 1 is 1.25 bits per heavy atom. The van der Waals surface area contributed by atoms with Gasteiger partial charge in [-0.2, -0.15) is 5.10 Å². The van der Waals surface area contributed by atoms with Crippen LogP contribution in [0.5, 0.6) is 0 Å². The smallest absolute Gasteiger partial charge is 0.258 e. The highest BCUT2D eigenvalue weighted by Crippen LogP contribution is 2.26. The zero-order chi connectivity index (χ0) is 17.3. The Bertz CT molecular complexity index is 881. The van der Waals surface area contributed by atoms with Gasteiger partial charge in [0.2, 0.25) is 0 Å². The Morgan fingerprint density at radius 3 is 2.54 bits per heavy atom. The molecule has 0 spiro atoms. The van der Waals surface area contributed by atoms with Crippen molar-refractivity contribution in [1.29, 1.82) is 0 Å². The number of nitrogens with zero attached hydrogens (tertiary/aromatic N) is 4. The van der Waals surface area contributed by atoms with Crippen LogP contribution in [0.25, 0.3) is 10.6 Å². The second kappa shape index (κ2) is 6.52. The molecule has 0 saturated heterocycles. The van der Waals surface area contributed by atoms with Gasteiger partial charge in [0, 0.05) is 10.9 Å². The van der Waals surface area contributed by atoms with Crippen LogP contribution < -0.4 is 0 Å². The van der Waals surface area contributed by atoms with Crippen molar-refractivity contribution >= 4 is 17.0 Å². The highest BCUT2D eigenvalue weighted by Gasteiger charge is 2.22. The van der Waals surface area contributed by atoms with E-state index in [1.54, 1.807) is 29.9 Å². The lowest BCUT2D eigenvalue weighted by Gasteiger charge is -2.01. The normalized spacial score (nSPS) is 11.0. The quantitative estimate of drug-likeness (QED) is 0.516. The second-order valence-electron chi connectivity index (χ2n) is 5.63. The third-order valence-corrected chi connectivity index (χ3v) is 4.94. The molecule has 0 unspecified atom stereocenters. The molecule has 0 bridgehead atoms. The van der Waals surface area contributed by atoms with Gasteiger partial charge < -0.3 is 0 Å². The largest absolute Gasteiger partial charge is 0.312 e. The lowest BCUT2D eigenvalue weighted by atomic mass is 10.1. The average molecular weight is 342 g/mol. The van der Waals surface area contributed by atoms with Crippen molar-refractivity contribution in [2.45, 2.75) is 33.7 Å². The van der Waals surface area contributed by atoms with E-state index in [1.165, 1.54) is 5.56 Å². The molecule has 124 valence electrons. The van der Waals surface area contributed by atoms with E-state index in [0.717, 1.165) is 22.7 Å². The van der Waals surface area contributed by atoms with Gasteiger partial charge >= 0.3 is 5.69 Å². The molecule has 0 aliphatic carbocycles. The predicted octanol–water partition coefficient (Wildman–Crippen LogP) is 4.14. The van der Waals surface area contributed by atoms with Crippen LogP contribution in [0.1, 0.15) is 29.6 Å². The van der Waals surface area contributed by atoms with Crippen molar-refractivity contribution in [3.63, 3.8) is 0 Å². The summed E-state index contributed by atoms with van der Waals surface area (Å²) in [6.07, 6.45) is 1.01. The van der Waals surface area contributed by atoms with Gasteiger partial charge in [0.15, 0.2) is 0 Å². The monoisotopic (exact) mass is 342 g/mol. The zero-order valence-corrected chi connectivity index (χ0v) is 14.6. The Hall–Kier alpha value is -2.54. The van der Waals surface area contributed by atoms with Gasteiger partial charge in [0.1, 0.15) is 16.4 Å². The molecule has 2 heterocycles. The SMILES string of the molecule is CCc1ccc(-c2nc(Cn3nc(C)c([N+](=O)[O-])c3C)cs2)cc1. The van der Waals surface area contributed by atoms with Gasteiger partial charge in [-0.25, -0.2) is 4.98 Å². The number of thiazole rings is 1. The van der Waals surface area contributed by atoms with Gasteiger partial charge in [-0.15, -0.1) is 11.3 Å². The van der Waals surface area contributed by atoms with Gasteiger partial charge in [-0.3, -0.25) is 14.8 Å². The first-order valence-electron chi connectivity index (χ1n) is 7.71. The van der Waals surface area contributed by atoms with Crippen molar-refractivity contribution in [3.8, 4) is 10.6 Å². The van der Waals surface area contributed by atoms with E-state index < -0.39 is 0 Å². The van der Waals surface area contributed by atoms with E-state index in [4.69, 9.17) is 0 Å². The summed E-state index contributed by atoms with van der Waals surface area (Å²) in [7, 11) is 0. The first-order chi connectivity index (χ1) is 11.5. The number of aryl methyl sites for hydroxylation is 2. The molecule has 0 aliphatic rings. The summed E-state index contributed by atoms with van der Waals surface area (Å²) in [6, 6.07) is 8.38. The second-order valence-corrected chi connectivity index (χ2v) is 6.49. The van der Waals surface area contributed by atoms with Gasteiger partial charge in [0.25, 0.3) is 0 Å². The molecule has 0 fully saturated rings. The minimum absolute atomic E-state index is 0.0839. The Kier molecular flexibility index (Phi) is 4.44. The molecule has 0 radical (unpaired) electrons. The molecule has 7 heteroatoms. The Labute approximate surface area is 143 Å². The molecule has 3 aromatic rings. The summed E-state index contributed by atoms with van der Waals surface area (Å²) in [4.78, 5) is 15.4. The predicted molar refractivity (Wildman–Crippen MR) is 94.4 cm³/mol. The molecule has 0 amide bonds. The maximum absolute atomic E-state index is 11.1. The van der Waals surface area contributed by atoms with Crippen LogP contribution in [0.15, 0.2) is 29.6 Å². The van der Waals surface area contributed by atoms with Crippen LogP contribution in [-0.2, 0) is 13.0 Å². The lowest BCUT2D eigenvalue weighted by molar-refractivity contribution is -0.386. The molecular weight excluding hydrogens is 324 g/mol. The van der Waals surface area contributed by atoms with E-state index in [0.29, 0.717) is 17.9 Å². The summed E-state index contributed by atoms with van der Waals surface area (Å²) >= 11 is 1.57. The minimum Gasteiger partial charge on any atom is -0.258 e. The third kappa shape index (κ3) is 3.07. The van der Waals surface area contributed by atoms with Crippen molar-refractivity contribution in [2.75, 3.05) is 0 Å². The summed E-state index contributed by atoms with van der Waals surface area (Å²) in [5.74, 6) is 0. The van der Waals surface area contributed by atoms with Gasteiger partial charge in [-0.1, -0.05) is 31.2 Å². The van der Waals surface area contributed by atoms with Crippen LogP contribution in [-0.4, -0.2) is 19.7 Å². The maximum atomic E-state index is 11.1. The molecule has 0 N–H and O–H groups in total. The van der Waals surface area contributed by atoms with Gasteiger partial charge in [-0.05, 0) is 25.8 Å². The minimum atomic E-state index is -0.379. The first kappa shape index (κ1) is 16.3. The number of hydrogen-bond donors (Lipinski definition) is 0. The summed E-state index contributed by atoms with van der Waals surface area (Å²) in [6.45, 7) is 5.94.